The van der Waals surface area contributed by atoms with E-state index in [9.17, 15) is 9.18 Å². The van der Waals surface area contributed by atoms with Crippen molar-refractivity contribution in [3.05, 3.63) is 59.4 Å². The molecule has 110 valence electrons. The van der Waals surface area contributed by atoms with E-state index in [2.05, 4.69) is 0 Å². The highest BCUT2D eigenvalue weighted by Crippen LogP contribution is 2.18. The van der Waals surface area contributed by atoms with E-state index in [0.717, 1.165) is 0 Å². The van der Waals surface area contributed by atoms with Gasteiger partial charge in [0, 0.05) is 0 Å². The molecule has 0 aromatic heterocycles. The fourth-order valence-electron chi connectivity index (χ4n) is 1.79. The van der Waals surface area contributed by atoms with E-state index in [1.807, 2.05) is 0 Å². The molecule has 0 heterocycles. The first kappa shape index (κ1) is 14.8. The zero-order valence-electron chi connectivity index (χ0n) is 11.5. The lowest BCUT2D eigenvalue weighted by atomic mass is 10.2. The van der Waals surface area contributed by atoms with Crippen molar-refractivity contribution in [2.45, 2.75) is 6.92 Å². The summed E-state index contributed by atoms with van der Waals surface area (Å²) in [6.07, 6.45) is 0. The lowest BCUT2D eigenvalue weighted by Gasteiger charge is -2.10. The van der Waals surface area contributed by atoms with Gasteiger partial charge in [0.15, 0.2) is 0 Å². The number of hydrogen-bond acceptors (Lipinski definition) is 3. The Balaban J connectivity index is 1.87. The van der Waals surface area contributed by atoms with Gasteiger partial charge in [-0.15, -0.1) is 0 Å². The van der Waals surface area contributed by atoms with Crippen LogP contribution in [-0.2, 0) is 0 Å². The summed E-state index contributed by atoms with van der Waals surface area (Å²) in [5.41, 5.74) is 0.611. The summed E-state index contributed by atoms with van der Waals surface area (Å²) < 4.78 is 23.9. The average Bonchev–Trinajstić information content (AvgIpc) is 2.47. The molecular formula is C16H15FO4. The van der Waals surface area contributed by atoms with Crippen molar-refractivity contribution in [3.63, 3.8) is 0 Å². The fourth-order valence-corrected chi connectivity index (χ4v) is 1.79. The number of ether oxygens (including phenoxy) is 2. The predicted octanol–water partition coefficient (Wildman–Crippen LogP) is 3.29. The van der Waals surface area contributed by atoms with Gasteiger partial charge >= 0.3 is 5.97 Å². The Morgan fingerprint density at radius 2 is 1.86 bits per heavy atom. The van der Waals surface area contributed by atoms with Gasteiger partial charge in [0.05, 0.1) is 0 Å². The van der Waals surface area contributed by atoms with E-state index in [4.69, 9.17) is 14.6 Å². The highest BCUT2D eigenvalue weighted by Gasteiger charge is 2.09. The van der Waals surface area contributed by atoms with Crippen LogP contribution in [0.1, 0.15) is 15.9 Å². The van der Waals surface area contributed by atoms with Crippen molar-refractivity contribution in [2.24, 2.45) is 0 Å². The summed E-state index contributed by atoms with van der Waals surface area (Å²) in [5, 5.41) is 9.01. The van der Waals surface area contributed by atoms with Gasteiger partial charge < -0.3 is 14.6 Å². The third-order valence-electron chi connectivity index (χ3n) is 2.86. The number of carboxylic acids is 1. The number of hydrogen-bond donors (Lipinski definition) is 1. The molecule has 0 bridgehead atoms. The normalized spacial score (nSPS) is 10.2. The summed E-state index contributed by atoms with van der Waals surface area (Å²) >= 11 is 0. The van der Waals surface area contributed by atoms with Gasteiger partial charge in [0.1, 0.15) is 36.1 Å². The molecule has 2 aromatic carbocycles. The van der Waals surface area contributed by atoms with Crippen LogP contribution >= 0.6 is 0 Å². The van der Waals surface area contributed by atoms with Crippen molar-refractivity contribution in [2.75, 3.05) is 13.2 Å². The SMILES string of the molecule is Cc1cc(OCCOc2ccccc2C(=O)O)ccc1F. The number of carbonyl (C=O) groups is 1. The van der Waals surface area contributed by atoms with Crippen LogP contribution < -0.4 is 9.47 Å². The van der Waals surface area contributed by atoms with Crippen molar-refractivity contribution < 1.29 is 23.8 Å². The van der Waals surface area contributed by atoms with Gasteiger partial charge in [-0.25, -0.2) is 9.18 Å². The van der Waals surface area contributed by atoms with Crippen LogP contribution in [-0.4, -0.2) is 24.3 Å². The molecule has 2 rings (SSSR count). The summed E-state index contributed by atoms with van der Waals surface area (Å²) in [7, 11) is 0. The maximum atomic E-state index is 13.1. The Kier molecular flexibility index (Phi) is 4.77. The van der Waals surface area contributed by atoms with E-state index in [-0.39, 0.29) is 24.6 Å². The van der Waals surface area contributed by atoms with Crippen LogP contribution in [0, 0.1) is 12.7 Å². The topological polar surface area (TPSA) is 55.8 Å². The molecule has 0 atom stereocenters. The molecule has 0 saturated heterocycles. The minimum Gasteiger partial charge on any atom is -0.490 e. The Labute approximate surface area is 121 Å². The average molecular weight is 290 g/mol. The number of rotatable bonds is 6. The van der Waals surface area contributed by atoms with Crippen LogP contribution in [0.2, 0.25) is 0 Å². The maximum absolute atomic E-state index is 13.1. The van der Waals surface area contributed by atoms with Crippen LogP contribution in [0.4, 0.5) is 4.39 Å². The predicted molar refractivity (Wildman–Crippen MR) is 75.5 cm³/mol. The number of benzene rings is 2. The molecule has 0 amide bonds. The molecule has 0 unspecified atom stereocenters. The zero-order chi connectivity index (χ0) is 15.2. The number of para-hydroxylation sites is 1. The highest BCUT2D eigenvalue weighted by molar-refractivity contribution is 5.90. The minimum absolute atomic E-state index is 0.107. The first-order valence-electron chi connectivity index (χ1n) is 6.42. The number of aryl methyl sites for hydroxylation is 1. The molecule has 1 N–H and O–H groups in total. The Morgan fingerprint density at radius 3 is 2.57 bits per heavy atom. The Morgan fingerprint density at radius 1 is 1.14 bits per heavy atom. The molecule has 0 aliphatic heterocycles. The smallest absolute Gasteiger partial charge is 0.339 e. The third-order valence-corrected chi connectivity index (χ3v) is 2.86. The summed E-state index contributed by atoms with van der Waals surface area (Å²) in [4.78, 5) is 11.0. The van der Waals surface area contributed by atoms with Gasteiger partial charge in [-0.3, -0.25) is 0 Å². The van der Waals surface area contributed by atoms with Crippen molar-refractivity contribution >= 4 is 5.97 Å². The molecule has 0 saturated carbocycles. The van der Waals surface area contributed by atoms with Crippen molar-refractivity contribution in [1.29, 1.82) is 0 Å². The van der Waals surface area contributed by atoms with E-state index in [0.29, 0.717) is 17.1 Å². The minimum atomic E-state index is -1.04. The molecule has 2 aromatic rings. The molecular weight excluding hydrogens is 275 g/mol. The molecule has 4 nitrogen and oxygen atoms in total. The molecule has 0 radical (unpaired) electrons. The van der Waals surface area contributed by atoms with Crippen LogP contribution in [0.25, 0.3) is 0 Å². The lowest BCUT2D eigenvalue weighted by molar-refractivity contribution is 0.0691. The second-order valence-electron chi connectivity index (χ2n) is 4.41. The number of halogens is 1. The molecule has 0 aliphatic carbocycles. The monoisotopic (exact) mass is 290 g/mol. The second-order valence-corrected chi connectivity index (χ2v) is 4.41. The maximum Gasteiger partial charge on any atom is 0.339 e. The highest BCUT2D eigenvalue weighted by atomic mass is 19.1. The standard InChI is InChI=1S/C16H15FO4/c1-11-10-12(6-7-14(11)17)20-8-9-21-15-5-3-2-4-13(15)16(18)19/h2-7,10H,8-9H2,1H3,(H,18,19). The van der Waals surface area contributed by atoms with E-state index in [1.165, 1.54) is 18.2 Å². The molecule has 0 fully saturated rings. The fraction of sp³-hybridized carbons (Fsp3) is 0.188. The van der Waals surface area contributed by atoms with Crippen molar-refractivity contribution in [1.82, 2.24) is 0 Å². The first-order chi connectivity index (χ1) is 10.1. The zero-order valence-corrected chi connectivity index (χ0v) is 11.5. The summed E-state index contributed by atoms with van der Waals surface area (Å²) in [5.74, 6) is -0.484. The first-order valence-corrected chi connectivity index (χ1v) is 6.42. The van der Waals surface area contributed by atoms with Crippen molar-refractivity contribution in [3.8, 4) is 11.5 Å². The second kappa shape index (κ2) is 6.74. The summed E-state index contributed by atoms with van der Waals surface area (Å²) in [6, 6.07) is 10.9. The molecule has 0 spiro atoms. The summed E-state index contributed by atoms with van der Waals surface area (Å²) in [6.45, 7) is 2.08. The van der Waals surface area contributed by atoms with Gasteiger partial charge in [0.2, 0.25) is 0 Å². The van der Waals surface area contributed by atoms with Crippen LogP contribution in [0.5, 0.6) is 11.5 Å². The molecule has 5 heteroatoms. The lowest BCUT2D eigenvalue weighted by Crippen LogP contribution is -2.11. The van der Waals surface area contributed by atoms with Gasteiger partial charge in [0.25, 0.3) is 0 Å². The van der Waals surface area contributed by atoms with Crippen LogP contribution in [0.3, 0.4) is 0 Å². The van der Waals surface area contributed by atoms with Crippen LogP contribution in [0.15, 0.2) is 42.5 Å². The van der Waals surface area contributed by atoms with E-state index >= 15 is 0 Å². The van der Waals surface area contributed by atoms with E-state index in [1.54, 1.807) is 31.2 Å². The number of aromatic carboxylic acids is 1. The van der Waals surface area contributed by atoms with Gasteiger partial charge in [-0.05, 0) is 42.8 Å². The molecule has 0 aliphatic rings. The Hall–Kier alpha value is -2.56. The quantitative estimate of drug-likeness (QED) is 0.829. The van der Waals surface area contributed by atoms with Gasteiger partial charge in [-0.2, -0.15) is 0 Å². The molecule has 21 heavy (non-hydrogen) atoms. The number of carboxylic acid groups (broad SMARTS) is 1. The largest absolute Gasteiger partial charge is 0.490 e. The van der Waals surface area contributed by atoms with E-state index < -0.39 is 5.97 Å². The Bertz CT molecular complexity index is 640. The third kappa shape index (κ3) is 3.95. The van der Waals surface area contributed by atoms with Gasteiger partial charge in [-0.1, -0.05) is 12.1 Å².